The van der Waals surface area contributed by atoms with Crippen LogP contribution in [0, 0.1) is 0 Å². The molecule has 3 nitrogen and oxygen atoms in total. The molecule has 2 rings (SSSR count). The van der Waals surface area contributed by atoms with Gasteiger partial charge in [0.25, 0.3) is 0 Å². The molecular weight excluding hydrogens is 283 g/mol. The first kappa shape index (κ1) is 15.9. The summed E-state index contributed by atoms with van der Waals surface area (Å²) in [6, 6.07) is 5.62. The summed E-state index contributed by atoms with van der Waals surface area (Å²) < 4.78 is 47.0. The number of nitrogens with one attached hydrogen (secondary N) is 1. The molecule has 0 aliphatic carbocycles. The van der Waals surface area contributed by atoms with Crippen molar-refractivity contribution in [3.8, 4) is 11.5 Å². The van der Waals surface area contributed by atoms with Crippen LogP contribution in [0.4, 0.5) is 13.2 Å². The van der Waals surface area contributed by atoms with E-state index < -0.39 is 12.6 Å². The fraction of sp³-hybridized carbons (Fsp3) is 0.600. The molecule has 0 aromatic heterocycles. The van der Waals surface area contributed by atoms with Gasteiger partial charge in [0.15, 0.2) is 0 Å². The van der Waals surface area contributed by atoms with Gasteiger partial charge in [0.1, 0.15) is 18.1 Å². The van der Waals surface area contributed by atoms with Gasteiger partial charge in [-0.2, -0.15) is 13.2 Å². The maximum absolute atomic E-state index is 12.0. The van der Waals surface area contributed by atoms with Gasteiger partial charge in [0.2, 0.25) is 0 Å². The van der Waals surface area contributed by atoms with E-state index in [-0.39, 0.29) is 19.1 Å². The van der Waals surface area contributed by atoms with Gasteiger partial charge in [-0.15, -0.1) is 0 Å². The van der Waals surface area contributed by atoms with Crippen molar-refractivity contribution in [3.05, 3.63) is 23.8 Å². The van der Waals surface area contributed by atoms with Gasteiger partial charge in [-0.3, -0.25) is 0 Å². The second kappa shape index (κ2) is 7.02. The lowest BCUT2D eigenvalue weighted by Gasteiger charge is -2.11. The molecule has 0 amide bonds. The van der Waals surface area contributed by atoms with Crippen LogP contribution in [-0.4, -0.2) is 25.9 Å². The van der Waals surface area contributed by atoms with Crippen molar-refractivity contribution in [1.29, 1.82) is 0 Å². The standard InChI is InChI=1S/C15H20F3NO2/c1-2-7-19-13-10-21-14-9-11(4-5-12(13)14)20-8-3-6-15(16,17)18/h4-5,9,13,19H,2-3,6-8,10H2,1H3. The number of rotatable bonds is 7. The van der Waals surface area contributed by atoms with Crippen LogP contribution >= 0.6 is 0 Å². The molecule has 0 bridgehead atoms. The molecule has 1 atom stereocenters. The highest BCUT2D eigenvalue weighted by molar-refractivity contribution is 5.45. The van der Waals surface area contributed by atoms with Crippen LogP contribution < -0.4 is 14.8 Å². The van der Waals surface area contributed by atoms with Gasteiger partial charge in [0.05, 0.1) is 12.6 Å². The number of fused-ring (bicyclic) bond motifs is 1. The van der Waals surface area contributed by atoms with Crippen molar-refractivity contribution < 1.29 is 22.6 Å². The van der Waals surface area contributed by atoms with Crippen LogP contribution in [0.1, 0.15) is 37.8 Å². The van der Waals surface area contributed by atoms with Crippen LogP contribution in [0.5, 0.6) is 11.5 Å². The SMILES string of the molecule is CCCNC1COc2cc(OCCCC(F)(F)F)ccc21. The molecule has 6 heteroatoms. The average molecular weight is 303 g/mol. The van der Waals surface area contributed by atoms with Crippen LogP contribution in [0.25, 0.3) is 0 Å². The largest absolute Gasteiger partial charge is 0.493 e. The Bertz CT molecular complexity index is 463. The molecule has 1 aromatic rings. The Labute approximate surface area is 122 Å². The highest BCUT2D eigenvalue weighted by Crippen LogP contribution is 2.35. The van der Waals surface area contributed by atoms with E-state index in [2.05, 4.69) is 12.2 Å². The predicted molar refractivity (Wildman–Crippen MR) is 73.8 cm³/mol. The molecule has 0 saturated carbocycles. The maximum atomic E-state index is 12.0. The Morgan fingerprint density at radius 1 is 1.38 bits per heavy atom. The summed E-state index contributed by atoms with van der Waals surface area (Å²) >= 11 is 0. The summed E-state index contributed by atoms with van der Waals surface area (Å²) in [5, 5.41) is 3.39. The number of hydrogen-bond acceptors (Lipinski definition) is 3. The van der Waals surface area contributed by atoms with E-state index in [0.29, 0.717) is 12.4 Å². The van der Waals surface area contributed by atoms with Crippen molar-refractivity contribution in [1.82, 2.24) is 5.32 Å². The number of hydrogen-bond donors (Lipinski definition) is 1. The normalized spacial score (nSPS) is 17.4. The Morgan fingerprint density at radius 3 is 2.90 bits per heavy atom. The summed E-state index contributed by atoms with van der Waals surface area (Å²) in [4.78, 5) is 0. The summed E-state index contributed by atoms with van der Waals surface area (Å²) in [6.07, 6.45) is -3.94. The minimum Gasteiger partial charge on any atom is -0.493 e. The summed E-state index contributed by atoms with van der Waals surface area (Å²) in [7, 11) is 0. The topological polar surface area (TPSA) is 30.5 Å². The Hall–Kier alpha value is -1.43. The number of halogens is 3. The van der Waals surface area contributed by atoms with Crippen molar-refractivity contribution in [3.63, 3.8) is 0 Å². The van der Waals surface area contributed by atoms with E-state index in [1.165, 1.54) is 0 Å². The molecule has 1 unspecified atom stereocenters. The summed E-state index contributed by atoms with van der Waals surface area (Å²) in [6.45, 7) is 3.65. The molecule has 0 fully saturated rings. The van der Waals surface area contributed by atoms with E-state index in [1.807, 2.05) is 6.07 Å². The second-order valence-corrected chi connectivity index (χ2v) is 5.08. The summed E-state index contributed by atoms with van der Waals surface area (Å²) in [5.41, 5.74) is 1.08. The first-order valence-electron chi connectivity index (χ1n) is 7.19. The lowest BCUT2D eigenvalue weighted by molar-refractivity contribution is -0.136. The second-order valence-electron chi connectivity index (χ2n) is 5.08. The van der Waals surface area contributed by atoms with Crippen LogP contribution in [0.15, 0.2) is 18.2 Å². The average Bonchev–Trinajstić information content (AvgIpc) is 2.83. The Morgan fingerprint density at radius 2 is 2.19 bits per heavy atom. The van der Waals surface area contributed by atoms with E-state index >= 15 is 0 Å². The Kier molecular flexibility index (Phi) is 5.33. The third-order valence-corrected chi connectivity index (χ3v) is 3.28. The van der Waals surface area contributed by atoms with E-state index in [9.17, 15) is 13.2 Å². The van der Waals surface area contributed by atoms with Gasteiger partial charge in [-0.25, -0.2) is 0 Å². The molecule has 1 aliphatic rings. The third-order valence-electron chi connectivity index (χ3n) is 3.28. The lowest BCUT2D eigenvalue weighted by Crippen LogP contribution is -2.22. The molecule has 21 heavy (non-hydrogen) atoms. The quantitative estimate of drug-likeness (QED) is 0.776. The Balaban J connectivity index is 1.84. The molecule has 1 aliphatic heterocycles. The third kappa shape index (κ3) is 4.81. The number of benzene rings is 1. The molecule has 0 radical (unpaired) electrons. The van der Waals surface area contributed by atoms with Crippen molar-refractivity contribution in [2.75, 3.05) is 19.8 Å². The lowest BCUT2D eigenvalue weighted by atomic mass is 10.1. The molecule has 1 heterocycles. The highest BCUT2D eigenvalue weighted by atomic mass is 19.4. The molecule has 1 N–H and O–H groups in total. The molecule has 118 valence electrons. The van der Waals surface area contributed by atoms with E-state index in [1.54, 1.807) is 12.1 Å². The van der Waals surface area contributed by atoms with Crippen LogP contribution in [-0.2, 0) is 0 Å². The van der Waals surface area contributed by atoms with E-state index in [4.69, 9.17) is 9.47 Å². The first-order chi connectivity index (χ1) is 9.99. The summed E-state index contributed by atoms with van der Waals surface area (Å²) in [5.74, 6) is 1.30. The number of alkyl halides is 3. The van der Waals surface area contributed by atoms with Crippen molar-refractivity contribution >= 4 is 0 Å². The molecule has 0 spiro atoms. The zero-order valence-corrected chi connectivity index (χ0v) is 12.0. The van der Waals surface area contributed by atoms with Gasteiger partial charge in [-0.05, 0) is 31.5 Å². The molecule has 1 aromatic carbocycles. The van der Waals surface area contributed by atoms with Crippen LogP contribution in [0.3, 0.4) is 0 Å². The van der Waals surface area contributed by atoms with Gasteiger partial charge in [0, 0.05) is 18.1 Å². The van der Waals surface area contributed by atoms with Gasteiger partial charge < -0.3 is 14.8 Å². The van der Waals surface area contributed by atoms with Crippen LogP contribution in [0.2, 0.25) is 0 Å². The molecule has 0 saturated heterocycles. The monoisotopic (exact) mass is 303 g/mol. The van der Waals surface area contributed by atoms with Gasteiger partial charge >= 0.3 is 6.18 Å². The highest BCUT2D eigenvalue weighted by Gasteiger charge is 2.26. The smallest absolute Gasteiger partial charge is 0.389 e. The first-order valence-corrected chi connectivity index (χ1v) is 7.19. The number of ether oxygens (including phenoxy) is 2. The van der Waals surface area contributed by atoms with Gasteiger partial charge in [-0.1, -0.05) is 6.92 Å². The van der Waals surface area contributed by atoms with E-state index in [0.717, 1.165) is 24.3 Å². The predicted octanol–water partition coefficient (Wildman–Crippen LogP) is 3.84. The van der Waals surface area contributed by atoms with Crippen molar-refractivity contribution in [2.45, 2.75) is 38.4 Å². The van der Waals surface area contributed by atoms with Crippen molar-refractivity contribution in [2.24, 2.45) is 0 Å². The minimum atomic E-state index is -4.12. The minimum absolute atomic E-state index is 0.0396. The zero-order valence-electron chi connectivity index (χ0n) is 12.0. The fourth-order valence-corrected chi connectivity index (χ4v) is 2.23. The zero-order chi connectivity index (χ0) is 15.3. The molecular formula is C15H20F3NO2. The fourth-order valence-electron chi connectivity index (χ4n) is 2.23. The maximum Gasteiger partial charge on any atom is 0.389 e.